The first-order chi connectivity index (χ1) is 11.3. The molecule has 0 saturated heterocycles. The third-order valence-electron chi connectivity index (χ3n) is 4.01. The summed E-state index contributed by atoms with van der Waals surface area (Å²) < 4.78 is 26.7. The Morgan fingerprint density at radius 1 is 1.25 bits per heavy atom. The summed E-state index contributed by atoms with van der Waals surface area (Å²) in [5.41, 5.74) is 2.68. The lowest BCUT2D eigenvalue weighted by atomic mass is 10.1. The average Bonchev–Trinajstić information content (AvgIpc) is 2.54. The number of sulfonamides is 1. The van der Waals surface area contributed by atoms with E-state index in [9.17, 15) is 13.2 Å². The van der Waals surface area contributed by atoms with Gasteiger partial charge in [0.25, 0.3) is 15.9 Å². The maximum Gasteiger partial charge on any atom is 0.256 e. The molecule has 1 amide bonds. The Hall–Kier alpha value is -2.41. The van der Waals surface area contributed by atoms with E-state index in [0.29, 0.717) is 18.0 Å². The summed E-state index contributed by atoms with van der Waals surface area (Å²) in [5.74, 6) is 0.103. The molecule has 0 spiro atoms. The van der Waals surface area contributed by atoms with E-state index in [1.807, 2.05) is 38.1 Å². The van der Waals surface area contributed by atoms with Gasteiger partial charge in [-0.1, -0.05) is 29.8 Å². The molecular formula is C17H19N3O3S. The lowest BCUT2D eigenvalue weighted by molar-refractivity contribution is -0.117. The first kappa shape index (κ1) is 16.4. The van der Waals surface area contributed by atoms with Gasteiger partial charge in [0.15, 0.2) is 0 Å². The summed E-state index contributed by atoms with van der Waals surface area (Å²) in [4.78, 5) is 14.1. The Bertz CT molecular complexity index is 852. The highest BCUT2D eigenvalue weighted by molar-refractivity contribution is 7.90. The maximum atomic E-state index is 12.4. The average molecular weight is 345 g/mol. The van der Waals surface area contributed by atoms with Gasteiger partial charge in [-0.3, -0.25) is 4.79 Å². The second kappa shape index (κ2) is 6.24. The molecule has 0 aromatic heterocycles. The van der Waals surface area contributed by atoms with E-state index in [1.165, 1.54) is 5.56 Å². The molecule has 6 nitrogen and oxygen atoms in total. The number of amides is 1. The fourth-order valence-electron chi connectivity index (χ4n) is 2.55. The van der Waals surface area contributed by atoms with Crippen LogP contribution in [0.1, 0.15) is 24.1 Å². The highest BCUT2D eigenvalue weighted by atomic mass is 32.2. The minimum Gasteiger partial charge on any atom is -0.345 e. The van der Waals surface area contributed by atoms with E-state index in [2.05, 4.69) is 9.71 Å². The molecule has 1 atom stereocenters. The molecule has 0 radical (unpaired) electrons. The van der Waals surface area contributed by atoms with Gasteiger partial charge in [0, 0.05) is 12.7 Å². The van der Waals surface area contributed by atoms with Crippen molar-refractivity contribution in [3.8, 4) is 0 Å². The largest absolute Gasteiger partial charge is 0.345 e. The molecule has 0 saturated carbocycles. The van der Waals surface area contributed by atoms with Crippen LogP contribution in [0.2, 0.25) is 0 Å². The molecule has 0 fully saturated rings. The summed E-state index contributed by atoms with van der Waals surface area (Å²) in [6.07, 6.45) is 4.79. The third-order valence-corrected chi connectivity index (χ3v) is 5.17. The van der Waals surface area contributed by atoms with Gasteiger partial charge in [-0.15, -0.1) is 4.40 Å². The molecule has 2 aliphatic heterocycles. The Balaban J connectivity index is 1.71. The Morgan fingerprint density at radius 3 is 2.67 bits per heavy atom. The van der Waals surface area contributed by atoms with Gasteiger partial charge in [0.1, 0.15) is 5.84 Å². The molecule has 2 heterocycles. The Kier molecular flexibility index (Phi) is 4.28. The number of benzene rings is 1. The molecule has 7 heteroatoms. The summed E-state index contributed by atoms with van der Waals surface area (Å²) in [6, 6.07) is 7.88. The minimum absolute atomic E-state index is 0.0461. The van der Waals surface area contributed by atoms with Gasteiger partial charge in [-0.2, -0.15) is 0 Å². The zero-order chi connectivity index (χ0) is 17.3. The fourth-order valence-corrected chi connectivity index (χ4v) is 3.52. The van der Waals surface area contributed by atoms with Crippen LogP contribution in [0.3, 0.4) is 0 Å². The molecule has 3 rings (SSSR count). The number of carbonyl (C=O) groups is 1. The van der Waals surface area contributed by atoms with Crippen LogP contribution in [0.5, 0.6) is 0 Å². The molecular weight excluding hydrogens is 326 g/mol. The van der Waals surface area contributed by atoms with Gasteiger partial charge in [-0.05, 0) is 31.6 Å². The number of nitrogens with one attached hydrogen (secondary N) is 1. The number of carbonyl (C=O) groups excluding carboxylic acids is 1. The van der Waals surface area contributed by atoms with Crippen molar-refractivity contribution >= 4 is 21.8 Å². The predicted molar refractivity (Wildman–Crippen MR) is 92.9 cm³/mol. The van der Waals surface area contributed by atoms with Crippen molar-refractivity contribution in [1.82, 2.24) is 10.2 Å². The lowest BCUT2D eigenvalue weighted by Crippen LogP contribution is -2.38. The SMILES string of the molecule is Cc1ccc([C@@H](C)NC(=O)C2=CN3CCS(=O)(=O)N=C3C=C2)cc1. The quantitative estimate of drug-likeness (QED) is 0.904. The van der Waals surface area contributed by atoms with Crippen LogP contribution in [0.4, 0.5) is 0 Å². The van der Waals surface area contributed by atoms with Crippen molar-refractivity contribution in [2.45, 2.75) is 19.9 Å². The first-order valence-corrected chi connectivity index (χ1v) is 9.31. The van der Waals surface area contributed by atoms with Gasteiger partial charge in [0.2, 0.25) is 0 Å². The minimum atomic E-state index is -3.38. The van der Waals surface area contributed by atoms with Crippen molar-refractivity contribution in [3.63, 3.8) is 0 Å². The van der Waals surface area contributed by atoms with Crippen LogP contribution in [0.25, 0.3) is 0 Å². The van der Waals surface area contributed by atoms with Crippen LogP contribution in [0.15, 0.2) is 52.6 Å². The lowest BCUT2D eigenvalue weighted by Gasteiger charge is -2.27. The van der Waals surface area contributed by atoms with Crippen LogP contribution in [-0.2, 0) is 14.8 Å². The molecule has 2 aliphatic rings. The standard InChI is InChI=1S/C17H19N3O3S/c1-12-3-5-14(6-4-12)13(2)18-17(21)15-7-8-16-19-24(22,23)10-9-20(16)11-15/h3-8,11,13H,9-10H2,1-2H3,(H,18,21)/t13-/m1/s1. The molecule has 1 N–H and O–H groups in total. The van der Waals surface area contributed by atoms with E-state index in [0.717, 1.165) is 5.56 Å². The van der Waals surface area contributed by atoms with Crippen LogP contribution < -0.4 is 5.32 Å². The van der Waals surface area contributed by atoms with Gasteiger partial charge in [-0.25, -0.2) is 8.42 Å². The normalized spacial score (nSPS) is 19.8. The summed E-state index contributed by atoms with van der Waals surface area (Å²) >= 11 is 0. The van der Waals surface area contributed by atoms with E-state index in [1.54, 1.807) is 23.3 Å². The summed E-state index contributed by atoms with van der Waals surface area (Å²) in [6.45, 7) is 4.24. The number of rotatable bonds is 3. The highest BCUT2D eigenvalue weighted by Gasteiger charge is 2.25. The smallest absolute Gasteiger partial charge is 0.256 e. The van der Waals surface area contributed by atoms with Crippen molar-refractivity contribution < 1.29 is 13.2 Å². The fraction of sp³-hybridized carbons (Fsp3) is 0.294. The van der Waals surface area contributed by atoms with Gasteiger partial charge < -0.3 is 10.2 Å². The number of amidine groups is 1. The van der Waals surface area contributed by atoms with E-state index >= 15 is 0 Å². The van der Waals surface area contributed by atoms with Crippen LogP contribution in [-0.4, -0.2) is 37.4 Å². The Morgan fingerprint density at radius 2 is 1.96 bits per heavy atom. The molecule has 1 aromatic rings. The zero-order valence-electron chi connectivity index (χ0n) is 13.6. The number of hydrogen-bond acceptors (Lipinski definition) is 4. The molecule has 0 bridgehead atoms. The zero-order valence-corrected chi connectivity index (χ0v) is 14.4. The number of hydrogen-bond donors (Lipinski definition) is 1. The molecule has 24 heavy (non-hydrogen) atoms. The van der Waals surface area contributed by atoms with Crippen molar-refractivity contribution in [3.05, 3.63) is 59.3 Å². The topological polar surface area (TPSA) is 78.8 Å². The third kappa shape index (κ3) is 3.56. The summed E-state index contributed by atoms with van der Waals surface area (Å²) in [7, 11) is -3.38. The van der Waals surface area contributed by atoms with E-state index in [4.69, 9.17) is 0 Å². The monoisotopic (exact) mass is 345 g/mol. The molecule has 0 aliphatic carbocycles. The second-order valence-electron chi connectivity index (χ2n) is 5.95. The number of nitrogens with zero attached hydrogens (tertiary/aromatic N) is 2. The van der Waals surface area contributed by atoms with Crippen molar-refractivity contribution in [2.75, 3.05) is 12.3 Å². The maximum absolute atomic E-state index is 12.4. The molecule has 1 aromatic carbocycles. The first-order valence-electron chi connectivity index (χ1n) is 7.71. The van der Waals surface area contributed by atoms with Crippen molar-refractivity contribution in [2.24, 2.45) is 4.40 Å². The Labute approximate surface area is 141 Å². The number of aryl methyl sites for hydroxylation is 1. The van der Waals surface area contributed by atoms with Crippen LogP contribution in [0, 0.1) is 6.92 Å². The number of fused-ring (bicyclic) bond motifs is 1. The predicted octanol–water partition coefficient (Wildman–Crippen LogP) is 1.67. The van der Waals surface area contributed by atoms with Gasteiger partial charge >= 0.3 is 0 Å². The summed E-state index contributed by atoms with van der Waals surface area (Å²) in [5, 5.41) is 2.95. The van der Waals surface area contributed by atoms with Crippen LogP contribution >= 0.6 is 0 Å². The van der Waals surface area contributed by atoms with Gasteiger partial charge in [0.05, 0.1) is 17.4 Å². The van der Waals surface area contributed by atoms with E-state index < -0.39 is 10.0 Å². The second-order valence-corrected chi connectivity index (χ2v) is 7.71. The van der Waals surface area contributed by atoms with E-state index in [-0.39, 0.29) is 17.7 Å². The highest BCUT2D eigenvalue weighted by Crippen LogP contribution is 2.18. The van der Waals surface area contributed by atoms with Crippen molar-refractivity contribution in [1.29, 1.82) is 0 Å². The molecule has 0 unspecified atom stereocenters. The molecule has 126 valence electrons.